The average molecular weight is 377 g/mol. The molecule has 0 saturated heterocycles. The first kappa shape index (κ1) is 18.3. The fourth-order valence-electron chi connectivity index (χ4n) is 3.32. The van der Waals surface area contributed by atoms with Crippen molar-refractivity contribution in [3.05, 3.63) is 83.7 Å². The largest absolute Gasteiger partial charge is 0.468 e. The highest BCUT2D eigenvalue weighted by atomic mass is 16.3. The SMILES string of the molecule is Cc1ccc(C2=NN(C(=O)CN[C@H](C)c3ccco3)[C@H](c3ccco3)C2)cc1. The molecular weight excluding hydrogens is 354 g/mol. The molecule has 0 aliphatic carbocycles. The minimum Gasteiger partial charge on any atom is -0.468 e. The summed E-state index contributed by atoms with van der Waals surface area (Å²) >= 11 is 0. The van der Waals surface area contributed by atoms with Crippen molar-refractivity contribution < 1.29 is 13.6 Å². The normalized spacial score (nSPS) is 17.6. The Balaban J connectivity index is 1.52. The molecule has 0 saturated carbocycles. The highest BCUT2D eigenvalue weighted by Crippen LogP contribution is 2.33. The van der Waals surface area contributed by atoms with E-state index in [0.717, 1.165) is 22.8 Å². The number of carbonyl (C=O) groups excluding carboxylic acids is 1. The molecular formula is C22H23N3O3. The van der Waals surface area contributed by atoms with E-state index in [1.807, 2.05) is 50.2 Å². The molecule has 2 aromatic heterocycles. The maximum absolute atomic E-state index is 12.9. The van der Waals surface area contributed by atoms with Crippen LogP contribution in [0.2, 0.25) is 0 Å². The number of nitrogens with one attached hydrogen (secondary N) is 1. The number of hydrazone groups is 1. The summed E-state index contributed by atoms with van der Waals surface area (Å²) in [6, 6.07) is 15.3. The van der Waals surface area contributed by atoms with Crippen LogP contribution in [0.5, 0.6) is 0 Å². The molecule has 1 N–H and O–H groups in total. The molecule has 4 rings (SSSR count). The van der Waals surface area contributed by atoms with Gasteiger partial charge in [0.2, 0.25) is 0 Å². The summed E-state index contributed by atoms with van der Waals surface area (Å²) in [6.07, 6.45) is 3.87. The molecule has 0 spiro atoms. The maximum Gasteiger partial charge on any atom is 0.257 e. The van der Waals surface area contributed by atoms with Gasteiger partial charge in [-0.3, -0.25) is 10.1 Å². The molecule has 1 aliphatic rings. The predicted molar refractivity (Wildman–Crippen MR) is 106 cm³/mol. The third-order valence-electron chi connectivity index (χ3n) is 4.95. The van der Waals surface area contributed by atoms with E-state index in [1.54, 1.807) is 12.5 Å². The Hall–Kier alpha value is -3.12. The van der Waals surface area contributed by atoms with Gasteiger partial charge in [-0.25, -0.2) is 5.01 Å². The van der Waals surface area contributed by atoms with Gasteiger partial charge in [0.15, 0.2) is 0 Å². The van der Waals surface area contributed by atoms with E-state index in [1.165, 1.54) is 10.6 Å². The number of nitrogens with zero attached hydrogens (tertiary/aromatic N) is 2. The molecule has 28 heavy (non-hydrogen) atoms. The topological polar surface area (TPSA) is 71.0 Å². The van der Waals surface area contributed by atoms with Crippen molar-refractivity contribution in [1.82, 2.24) is 10.3 Å². The minimum atomic E-state index is -0.237. The summed E-state index contributed by atoms with van der Waals surface area (Å²) in [6.45, 7) is 4.17. The number of hydrogen-bond acceptors (Lipinski definition) is 5. The Kier molecular flexibility index (Phi) is 5.12. The molecule has 0 radical (unpaired) electrons. The molecule has 144 valence electrons. The second kappa shape index (κ2) is 7.86. The molecule has 2 atom stereocenters. The van der Waals surface area contributed by atoms with Crippen LogP contribution in [-0.4, -0.2) is 23.2 Å². The van der Waals surface area contributed by atoms with Crippen molar-refractivity contribution in [3.8, 4) is 0 Å². The number of furan rings is 2. The van der Waals surface area contributed by atoms with E-state index in [0.29, 0.717) is 6.42 Å². The highest BCUT2D eigenvalue weighted by Gasteiger charge is 2.34. The fraction of sp³-hybridized carbons (Fsp3) is 0.273. The smallest absolute Gasteiger partial charge is 0.257 e. The molecule has 0 unspecified atom stereocenters. The van der Waals surface area contributed by atoms with Crippen molar-refractivity contribution in [2.75, 3.05) is 6.54 Å². The molecule has 6 heteroatoms. The Morgan fingerprint density at radius 2 is 1.93 bits per heavy atom. The average Bonchev–Trinajstić information content (AvgIpc) is 3.47. The van der Waals surface area contributed by atoms with Crippen LogP contribution in [0.4, 0.5) is 0 Å². The van der Waals surface area contributed by atoms with Gasteiger partial charge in [0.05, 0.1) is 30.8 Å². The number of benzene rings is 1. The van der Waals surface area contributed by atoms with Gasteiger partial charge in [-0.2, -0.15) is 5.10 Å². The van der Waals surface area contributed by atoms with Crippen LogP contribution in [0.15, 0.2) is 75.0 Å². The molecule has 1 aromatic carbocycles. The van der Waals surface area contributed by atoms with Gasteiger partial charge in [0.1, 0.15) is 17.6 Å². The van der Waals surface area contributed by atoms with E-state index in [2.05, 4.69) is 22.6 Å². The Morgan fingerprint density at radius 1 is 1.18 bits per heavy atom. The third-order valence-corrected chi connectivity index (χ3v) is 4.95. The molecule has 3 heterocycles. The summed E-state index contributed by atoms with van der Waals surface area (Å²) in [4.78, 5) is 12.9. The molecule has 1 amide bonds. The number of rotatable bonds is 6. The number of amides is 1. The summed E-state index contributed by atoms with van der Waals surface area (Å²) in [7, 11) is 0. The fourth-order valence-corrected chi connectivity index (χ4v) is 3.32. The highest BCUT2D eigenvalue weighted by molar-refractivity contribution is 6.03. The monoisotopic (exact) mass is 377 g/mol. The zero-order chi connectivity index (χ0) is 19.5. The minimum absolute atomic E-state index is 0.0656. The quantitative estimate of drug-likeness (QED) is 0.699. The van der Waals surface area contributed by atoms with Crippen LogP contribution in [0, 0.1) is 6.92 Å². The molecule has 0 fully saturated rings. The van der Waals surface area contributed by atoms with E-state index in [-0.39, 0.29) is 24.5 Å². The molecule has 6 nitrogen and oxygen atoms in total. The first-order valence-corrected chi connectivity index (χ1v) is 9.38. The predicted octanol–water partition coefficient (Wildman–Crippen LogP) is 4.21. The van der Waals surface area contributed by atoms with Gasteiger partial charge in [-0.05, 0) is 43.7 Å². The van der Waals surface area contributed by atoms with Crippen molar-refractivity contribution in [1.29, 1.82) is 0 Å². The Morgan fingerprint density at radius 3 is 2.61 bits per heavy atom. The van der Waals surface area contributed by atoms with Crippen LogP contribution < -0.4 is 5.32 Å². The van der Waals surface area contributed by atoms with Crippen molar-refractivity contribution in [2.45, 2.75) is 32.4 Å². The van der Waals surface area contributed by atoms with Crippen LogP contribution in [0.1, 0.15) is 48.1 Å². The first-order valence-electron chi connectivity index (χ1n) is 9.38. The van der Waals surface area contributed by atoms with Crippen molar-refractivity contribution >= 4 is 11.6 Å². The third kappa shape index (κ3) is 3.77. The lowest BCUT2D eigenvalue weighted by molar-refractivity contribution is -0.132. The van der Waals surface area contributed by atoms with Crippen LogP contribution in [0.25, 0.3) is 0 Å². The summed E-state index contributed by atoms with van der Waals surface area (Å²) in [5.41, 5.74) is 3.09. The molecule has 0 bridgehead atoms. The Labute approximate surface area is 163 Å². The molecule has 3 aromatic rings. The number of aryl methyl sites for hydroxylation is 1. The second-order valence-corrected chi connectivity index (χ2v) is 7.00. The summed E-state index contributed by atoms with van der Waals surface area (Å²) in [5.74, 6) is 1.42. The van der Waals surface area contributed by atoms with Gasteiger partial charge >= 0.3 is 0 Å². The molecule has 1 aliphatic heterocycles. The van der Waals surface area contributed by atoms with E-state index in [9.17, 15) is 4.79 Å². The van der Waals surface area contributed by atoms with Crippen LogP contribution >= 0.6 is 0 Å². The van der Waals surface area contributed by atoms with E-state index < -0.39 is 0 Å². The van der Waals surface area contributed by atoms with Gasteiger partial charge in [0.25, 0.3) is 5.91 Å². The lowest BCUT2D eigenvalue weighted by atomic mass is 10.0. The van der Waals surface area contributed by atoms with E-state index >= 15 is 0 Å². The van der Waals surface area contributed by atoms with Gasteiger partial charge in [-0.1, -0.05) is 29.8 Å². The maximum atomic E-state index is 12.9. The van der Waals surface area contributed by atoms with Crippen LogP contribution in [-0.2, 0) is 4.79 Å². The second-order valence-electron chi connectivity index (χ2n) is 7.00. The first-order chi connectivity index (χ1) is 13.6. The van der Waals surface area contributed by atoms with Crippen molar-refractivity contribution in [3.63, 3.8) is 0 Å². The number of hydrogen-bond donors (Lipinski definition) is 1. The zero-order valence-electron chi connectivity index (χ0n) is 16.0. The summed E-state index contributed by atoms with van der Waals surface area (Å²) in [5, 5.41) is 9.39. The van der Waals surface area contributed by atoms with Gasteiger partial charge < -0.3 is 8.83 Å². The van der Waals surface area contributed by atoms with E-state index in [4.69, 9.17) is 8.83 Å². The summed E-state index contributed by atoms with van der Waals surface area (Å²) < 4.78 is 11.0. The van der Waals surface area contributed by atoms with Crippen LogP contribution in [0.3, 0.4) is 0 Å². The zero-order valence-corrected chi connectivity index (χ0v) is 16.0. The van der Waals surface area contributed by atoms with Gasteiger partial charge in [0, 0.05) is 6.42 Å². The Bertz CT molecular complexity index is 944. The lowest BCUT2D eigenvalue weighted by Gasteiger charge is -2.21. The number of carbonyl (C=O) groups is 1. The lowest BCUT2D eigenvalue weighted by Crippen LogP contribution is -2.36. The van der Waals surface area contributed by atoms with Gasteiger partial charge in [-0.15, -0.1) is 0 Å². The van der Waals surface area contributed by atoms with Crippen molar-refractivity contribution in [2.24, 2.45) is 5.10 Å². The standard InChI is InChI=1S/C22H23N3O3/c1-15-7-9-17(10-8-15)18-13-19(21-6-4-12-28-21)25(24-18)22(26)14-23-16(2)20-5-3-11-27-20/h3-12,16,19,23H,13-14H2,1-2H3/t16-,19+/m1/s1.